The minimum Gasteiger partial charge on any atom is -0.494 e. The van der Waals surface area contributed by atoms with Crippen LogP contribution in [0.3, 0.4) is 0 Å². The summed E-state index contributed by atoms with van der Waals surface area (Å²) in [4.78, 5) is 25.3. The Hall–Kier alpha value is -3.08. The van der Waals surface area contributed by atoms with Gasteiger partial charge >= 0.3 is 0 Å². The Kier molecular flexibility index (Phi) is 4.21. The van der Waals surface area contributed by atoms with Crippen molar-refractivity contribution >= 4 is 17.2 Å². The number of ketones is 1. The first-order chi connectivity index (χ1) is 12.7. The lowest BCUT2D eigenvalue weighted by Crippen LogP contribution is -2.33. The largest absolute Gasteiger partial charge is 0.494 e. The molecule has 0 spiro atoms. The van der Waals surface area contributed by atoms with Gasteiger partial charge in [-0.1, -0.05) is 18.2 Å². The summed E-state index contributed by atoms with van der Waals surface area (Å²) in [6, 6.07) is 15.3. The first-order valence-electron chi connectivity index (χ1n) is 8.86. The second-order valence-electron chi connectivity index (χ2n) is 6.44. The van der Waals surface area contributed by atoms with Gasteiger partial charge in [-0.2, -0.15) is 0 Å². The lowest BCUT2D eigenvalue weighted by molar-refractivity contribution is -0.117. The van der Waals surface area contributed by atoms with Gasteiger partial charge < -0.3 is 14.5 Å². The highest BCUT2D eigenvalue weighted by atomic mass is 16.5. The molecule has 2 heterocycles. The number of amides is 1. The molecule has 3 aromatic rings. The molecular formula is C21H20N2O3. The van der Waals surface area contributed by atoms with Gasteiger partial charge in [0, 0.05) is 23.3 Å². The number of pyridine rings is 1. The van der Waals surface area contributed by atoms with Crippen LogP contribution >= 0.6 is 0 Å². The van der Waals surface area contributed by atoms with Gasteiger partial charge in [0.15, 0.2) is 0 Å². The van der Waals surface area contributed by atoms with Crippen LogP contribution in [0.2, 0.25) is 0 Å². The van der Waals surface area contributed by atoms with Crippen LogP contribution < -0.4 is 10.1 Å². The minimum atomic E-state index is -0.538. The number of aromatic nitrogens is 1. The highest BCUT2D eigenvalue weighted by molar-refractivity contribution is 6.43. The van der Waals surface area contributed by atoms with Crippen molar-refractivity contribution in [3.8, 4) is 16.9 Å². The summed E-state index contributed by atoms with van der Waals surface area (Å²) >= 11 is 0. The first-order valence-corrected chi connectivity index (χ1v) is 8.86. The van der Waals surface area contributed by atoms with Gasteiger partial charge in [0.05, 0.1) is 6.61 Å². The fourth-order valence-corrected chi connectivity index (χ4v) is 3.06. The number of benzene rings is 1. The van der Waals surface area contributed by atoms with E-state index in [1.165, 1.54) is 0 Å². The maximum absolute atomic E-state index is 12.9. The van der Waals surface area contributed by atoms with E-state index < -0.39 is 11.7 Å². The van der Waals surface area contributed by atoms with E-state index in [-0.39, 0.29) is 6.04 Å². The molecular weight excluding hydrogens is 328 g/mol. The number of carbonyl (C=O) groups is 2. The summed E-state index contributed by atoms with van der Waals surface area (Å²) < 4.78 is 7.26. The molecule has 0 radical (unpaired) electrons. The third-order valence-electron chi connectivity index (χ3n) is 4.49. The van der Waals surface area contributed by atoms with Crippen molar-refractivity contribution in [1.82, 2.24) is 9.72 Å². The number of rotatable bonds is 6. The summed E-state index contributed by atoms with van der Waals surface area (Å²) in [6.07, 6.45) is 3.70. The molecule has 0 bridgehead atoms. The van der Waals surface area contributed by atoms with Gasteiger partial charge in [-0.3, -0.25) is 9.59 Å². The minimum absolute atomic E-state index is 0.145. The Labute approximate surface area is 151 Å². The van der Waals surface area contributed by atoms with Crippen molar-refractivity contribution in [2.75, 3.05) is 6.61 Å². The molecule has 4 rings (SSSR count). The molecule has 1 saturated carbocycles. The number of fused-ring (bicyclic) bond motifs is 1. The van der Waals surface area contributed by atoms with Crippen LogP contribution in [0.25, 0.3) is 16.6 Å². The smallest absolute Gasteiger partial charge is 0.294 e. The molecule has 26 heavy (non-hydrogen) atoms. The summed E-state index contributed by atoms with van der Waals surface area (Å²) in [5, 5.41) is 2.79. The summed E-state index contributed by atoms with van der Waals surface area (Å²) in [7, 11) is 0. The van der Waals surface area contributed by atoms with Gasteiger partial charge in [0.2, 0.25) is 0 Å². The van der Waals surface area contributed by atoms with Gasteiger partial charge in [-0.15, -0.1) is 0 Å². The molecule has 1 aliphatic rings. The van der Waals surface area contributed by atoms with Crippen LogP contribution in [0.5, 0.6) is 5.75 Å². The maximum Gasteiger partial charge on any atom is 0.294 e. The van der Waals surface area contributed by atoms with E-state index in [0.717, 1.165) is 35.2 Å². The molecule has 0 atom stereocenters. The number of ether oxygens (including phenoxy) is 1. The Morgan fingerprint density at radius 2 is 1.92 bits per heavy atom. The van der Waals surface area contributed by atoms with Crippen molar-refractivity contribution in [1.29, 1.82) is 0 Å². The topological polar surface area (TPSA) is 59.8 Å². The Balaban J connectivity index is 1.78. The highest BCUT2D eigenvalue weighted by Gasteiger charge is 2.30. The fraction of sp³-hybridized carbons (Fsp3) is 0.238. The SMILES string of the molecule is CCOc1ccc(-c2cc3ccccn3c2C(=O)C(=O)NC2CC2)cc1. The van der Waals surface area contributed by atoms with Gasteiger partial charge in [0.25, 0.3) is 11.7 Å². The zero-order chi connectivity index (χ0) is 18.1. The predicted octanol–water partition coefficient (Wildman–Crippen LogP) is 3.47. The van der Waals surface area contributed by atoms with E-state index in [1.807, 2.05) is 61.7 Å². The van der Waals surface area contributed by atoms with Crippen LogP contribution in [0.15, 0.2) is 54.7 Å². The molecule has 0 aliphatic heterocycles. The molecule has 132 valence electrons. The number of hydrogen-bond acceptors (Lipinski definition) is 3. The third kappa shape index (κ3) is 3.08. The van der Waals surface area contributed by atoms with E-state index in [4.69, 9.17) is 4.74 Å². The zero-order valence-corrected chi connectivity index (χ0v) is 14.6. The molecule has 2 aromatic heterocycles. The van der Waals surface area contributed by atoms with E-state index in [2.05, 4.69) is 5.32 Å². The average molecular weight is 348 g/mol. The summed E-state index contributed by atoms with van der Waals surface area (Å²) in [5.74, 6) is -0.269. The second kappa shape index (κ2) is 6.67. The Morgan fingerprint density at radius 1 is 1.15 bits per heavy atom. The monoisotopic (exact) mass is 348 g/mol. The van der Waals surface area contributed by atoms with Crippen LogP contribution in [0, 0.1) is 0 Å². The van der Waals surface area contributed by atoms with Crippen molar-refractivity contribution in [3.63, 3.8) is 0 Å². The van der Waals surface area contributed by atoms with Crippen LogP contribution in [0.4, 0.5) is 0 Å². The van der Waals surface area contributed by atoms with Gasteiger partial charge in [-0.05, 0) is 55.7 Å². The molecule has 1 amide bonds. The molecule has 1 fully saturated rings. The Morgan fingerprint density at radius 3 is 2.62 bits per heavy atom. The van der Waals surface area contributed by atoms with E-state index >= 15 is 0 Å². The van der Waals surface area contributed by atoms with Crippen molar-refractivity contribution in [2.24, 2.45) is 0 Å². The van der Waals surface area contributed by atoms with Crippen molar-refractivity contribution < 1.29 is 14.3 Å². The van der Waals surface area contributed by atoms with Crippen molar-refractivity contribution in [2.45, 2.75) is 25.8 Å². The third-order valence-corrected chi connectivity index (χ3v) is 4.49. The number of hydrogen-bond donors (Lipinski definition) is 1. The van der Waals surface area contributed by atoms with Gasteiger partial charge in [0.1, 0.15) is 11.4 Å². The molecule has 5 heteroatoms. The predicted molar refractivity (Wildman–Crippen MR) is 99.5 cm³/mol. The number of Topliss-reactive ketones (excluding diaryl/α,β-unsaturated/α-hetero) is 1. The second-order valence-corrected chi connectivity index (χ2v) is 6.44. The van der Waals surface area contributed by atoms with Crippen LogP contribution in [-0.4, -0.2) is 28.7 Å². The van der Waals surface area contributed by atoms with Crippen LogP contribution in [0.1, 0.15) is 30.3 Å². The standard InChI is InChI=1S/C21H20N2O3/c1-2-26-17-10-6-14(7-11-17)18-13-16-5-3-4-12-23(16)19(18)20(24)21(25)22-15-8-9-15/h3-7,10-13,15H,2,8-9H2,1H3,(H,22,25). The number of nitrogens with one attached hydrogen (secondary N) is 1. The van der Waals surface area contributed by atoms with Crippen LogP contribution in [-0.2, 0) is 4.79 Å². The normalized spacial score (nSPS) is 13.6. The molecule has 0 unspecified atom stereocenters. The quantitative estimate of drug-likeness (QED) is 0.548. The van der Waals surface area contributed by atoms with E-state index in [0.29, 0.717) is 12.3 Å². The molecule has 1 aliphatic carbocycles. The molecule has 1 aromatic carbocycles. The van der Waals surface area contributed by atoms with Gasteiger partial charge in [-0.25, -0.2) is 0 Å². The lowest BCUT2D eigenvalue weighted by atomic mass is 10.0. The van der Waals surface area contributed by atoms with E-state index in [1.54, 1.807) is 4.40 Å². The number of nitrogens with zero attached hydrogens (tertiary/aromatic N) is 1. The first kappa shape index (κ1) is 16.4. The lowest BCUT2D eigenvalue weighted by Gasteiger charge is -2.08. The number of carbonyl (C=O) groups excluding carboxylic acids is 2. The summed E-state index contributed by atoms with van der Waals surface area (Å²) in [6.45, 7) is 2.53. The van der Waals surface area contributed by atoms with Crippen molar-refractivity contribution in [3.05, 3.63) is 60.4 Å². The Bertz CT molecular complexity index is 969. The highest BCUT2D eigenvalue weighted by Crippen LogP contribution is 2.30. The summed E-state index contributed by atoms with van der Waals surface area (Å²) in [5.41, 5.74) is 2.89. The van der Waals surface area contributed by atoms with E-state index in [9.17, 15) is 9.59 Å². The average Bonchev–Trinajstić information content (AvgIpc) is 3.39. The molecule has 1 N–H and O–H groups in total. The molecule has 5 nitrogen and oxygen atoms in total. The maximum atomic E-state index is 12.9. The fourth-order valence-electron chi connectivity index (χ4n) is 3.06. The zero-order valence-electron chi connectivity index (χ0n) is 14.6. The molecule has 0 saturated heterocycles.